The quantitative estimate of drug-likeness (QED) is 0.724. The van der Waals surface area contributed by atoms with Crippen molar-refractivity contribution in [2.75, 3.05) is 5.32 Å². The molecule has 0 saturated heterocycles. The van der Waals surface area contributed by atoms with Gasteiger partial charge in [-0.25, -0.2) is 0 Å². The van der Waals surface area contributed by atoms with Crippen LogP contribution in [0.15, 0.2) is 30.3 Å². The van der Waals surface area contributed by atoms with E-state index in [0.717, 1.165) is 36.1 Å². The first kappa shape index (κ1) is 13.8. The number of aromatic hydroxyl groups is 2. The summed E-state index contributed by atoms with van der Waals surface area (Å²) in [5, 5.41) is 23.0. The van der Waals surface area contributed by atoms with Crippen LogP contribution < -0.4 is 5.32 Å². The summed E-state index contributed by atoms with van der Waals surface area (Å²) >= 11 is 0. The summed E-state index contributed by atoms with van der Waals surface area (Å²) in [5.74, 6) is 0.679. The van der Waals surface area contributed by atoms with Crippen molar-refractivity contribution in [1.29, 1.82) is 0 Å². The molecule has 1 aliphatic rings. The van der Waals surface area contributed by atoms with Gasteiger partial charge >= 0.3 is 0 Å². The lowest BCUT2D eigenvalue weighted by atomic mass is 9.87. The Balaban J connectivity index is 1.92. The van der Waals surface area contributed by atoms with Crippen LogP contribution in [0.3, 0.4) is 0 Å². The van der Waals surface area contributed by atoms with Crippen LogP contribution in [-0.2, 0) is 6.42 Å². The number of hydrogen-bond acceptors (Lipinski definition) is 3. The van der Waals surface area contributed by atoms with E-state index in [2.05, 4.69) is 5.32 Å². The third-order valence-corrected chi connectivity index (χ3v) is 4.31. The van der Waals surface area contributed by atoms with Crippen LogP contribution in [0.25, 0.3) is 0 Å². The van der Waals surface area contributed by atoms with Crippen molar-refractivity contribution >= 4 is 5.69 Å². The van der Waals surface area contributed by atoms with E-state index < -0.39 is 0 Å². The number of nitrogens with one attached hydrogen (secondary N) is 1. The lowest BCUT2D eigenvalue weighted by Gasteiger charge is -2.28. The van der Waals surface area contributed by atoms with Crippen LogP contribution in [0.4, 0.5) is 5.69 Å². The van der Waals surface area contributed by atoms with E-state index in [-0.39, 0.29) is 6.04 Å². The number of phenols is 2. The van der Waals surface area contributed by atoms with Gasteiger partial charge in [0, 0.05) is 5.69 Å². The first-order chi connectivity index (χ1) is 10.0. The van der Waals surface area contributed by atoms with Gasteiger partial charge in [-0.3, -0.25) is 0 Å². The van der Waals surface area contributed by atoms with Gasteiger partial charge in [0.2, 0.25) is 0 Å². The topological polar surface area (TPSA) is 52.5 Å². The fraction of sp³-hybridized carbons (Fsp3) is 0.333. The Bertz CT molecular complexity index is 679. The number of anilines is 1. The van der Waals surface area contributed by atoms with Crippen LogP contribution in [0.5, 0.6) is 11.5 Å². The second-order valence-corrected chi connectivity index (χ2v) is 5.93. The van der Waals surface area contributed by atoms with Crippen molar-refractivity contribution in [3.05, 3.63) is 52.6 Å². The van der Waals surface area contributed by atoms with Gasteiger partial charge in [0.05, 0.1) is 6.04 Å². The van der Waals surface area contributed by atoms with Crippen LogP contribution in [-0.4, -0.2) is 10.2 Å². The van der Waals surface area contributed by atoms with E-state index in [0.29, 0.717) is 11.5 Å². The van der Waals surface area contributed by atoms with Crippen LogP contribution in [0.2, 0.25) is 0 Å². The predicted molar refractivity (Wildman–Crippen MR) is 85.0 cm³/mol. The van der Waals surface area contributed by atoms with E-state index in [1.165, 1.54) is 11.1 Å². The number of hydrogen-bond donors (Lipinski definition) is 3. The third-order valence-electron chi connectivity index (χ3n) is 4.31. The van der Waals surface area contributed by atoms with Gasteiger partial charge in [0.25, 0.3) is 0 Å². The largest absolute Gasteiger partial charge is 0.508 e. The molecule has 3 rings (SSSR count). The van der Waals surface area contributed by atoms with Gasteiger partial charge in [0.15, 0.2) is 0 Å². The smallest absolute Gasteiger partial charge is 0.118 e. The summed E-state index contributed by atoms with van der Waals surface area (Å²) in [4.78, 5) is 0. The highest BCUT2D eigenvalue weighted by Gasteiger charge is 2.21. The number of benzene rings is 2. The average Bonchev–Trinajstić information content (AvgIpc) is 2.44. The van der Waals surface area contributed by atoms with E-state index in [1.807, 2.05) is 32.0 Å². The molecular weight excluding hydrogens is 262 g/mol. The highest BCUT2D eigenvalue weighted by atomic mass is 16.3. The minimum atomic E-state index is 0.261. The summed E-state index contributed by atoms with van der Waals surface area (Å²) in [5.41, 5.74) is 5.49. The van der Waals surface area contributed by atoms with Gasteiger partial charge < -0.3 is 15.5 Å². The molecule has 3 nitrogen and oxygen atoms in total. The van der Waals surface area contributed by atoms with Crippen molar-refractivity contribution in [2.24, 2.45) is 0 Å². The molecule has 0 heterocycles. The lowest BCUT2D eigenvalue weighted by molar-refractivity contribution is 0.470. The molecule has 0 saturated carbocycles. The zero-order valence-corrected chi connectivity index (χ0v) is 12.5. The van der Waals surface area contributed by atoms with Crippen molar-refractivity contribution in [1.82, 2.24) is 0 Å². The fourth-order valence-corrected chi connectivity index (χ4v) is 3.09. The van der Waals surface area contributed by atoms with Gasteiger partial charge in [-0.2, -0.15) is 0 Å². The minimum absolute atomic E-state index is 0.261. The monoisotopic (exact) mass is 283 g/mol. The molecule has 21 heavy (non-hydrogen) atoms. The molecule has 0 radical (unpaired) electrons. The number of aryl methyl sites for hydroxylation is 3. The zero-order chi connectivity index (χ0) is 15.0. The molecule has 0 fully saturated rings. The standard InChI is InChI=1S/C18H21NO2/c1-11-9-18(21)12(2)8-17(11)19-16-5-3-4-13-10-14(20)6-7-15(13)16/h6-10,16,19-21H,3-5H2,1-2H3. The van der Waals surface area contributed by atoms with Crippen LogP contribution in [0.1, 0.15) is 41.1 Å². The molecule has 0 aliphatic heterocycles. The summed E-state index contributed by atoms with van der Waals surface area (Å²) in [7, 11) is 0. The van der Waals surface area contributed by atoms with Gasteiger partial charge in [-0.15, -0.1) is 0 Å². The molecule has 3 heteroatoms. The zero-order valence-electron chi connectivity index (χ0n) is 12.5. The maximum atomic E-state index is 9.76. The number of fused-ring (bicyclic) bond motifs is 1. The molecule has 0 aromatic heterocycles. The van der Waals surface area contributed by atoms with Crippen molar-refractivity contribution in [2.45, 2.75) is 39.2 Å². The van der Waals surface area contributed by atoms with Crippen LogP contribution >= 0.6 is 0 Å². The highest BCUT2D eigenvalue weighted by Crippen LogP contribution is 2.36. The third kappa shape index (κ3) is 2.68. The van der Waals surface area contributed by atoms with Crippen molar-refractivity contribution in [3.63, 3.8) is 0 Å². The Hall–Kier alpha value is -2.16. The van der Waals surface area contributed by atoms with Crippen molar-refractivity contribution < 1.29 is 10.2 Å². The second-order valence-electron chi connectivity index (χ2n) is 5.93. The minimum Gasteiger partial charge on any atom is -0.508 e. The number of rotatable bonds is 2. The highest BCUT2D eigenvalue weighted by molar-refractivity contribution is 5.58. The van der Waals surface area contributed by atoms with E-state index >= 15 is 0 Å². The molecular formula is C18H21NO2. The van der Waals surface area contributed by atoms with Gasteiger partial charge in [0.1, 0.15) is 11.5 Å². The summed E-state index contributed by atoms with van der Waals surface area (Å²) in [6.45, 7) is 3.91. The van der Waals surface area contributed by atoms with Gasteiger partial charge in [-0.1, -0.05) is 6.07 Å². The van der Waals surface area contributed by atoms with E-state index in [4.69, 9.17) is 0 Å². The Morgan fingerprint density at radius 3 is 2.67 bits per heavy atom. The molecule has 0 amide bonds. The summed E-state index contributed by atoms with van der Waals surface area (Å²) < 4.78 is 0. The molecule has 110 valence electrons. The first-order valence-corrected chi connectivity index (χ1v) is 7.43. The Morgan fingerprint density at radius 1 is 1.05 bits per heavy atom. The Morgan fingerprint density at radius 2 is 1.86 bits per heavy atom. The molecule has 0 spiro atoms. The second kappa shape index (κ2) is 5.32. The average molecular weight is 283 g/mol. The maximum absolute atomic E-state index is 9.76. The van der Waals surface area contributed by atoms with Crippen molar-refractivity contribution in [3.8, 4) is 11.5 Å². The Labute approximate surface area is 125 Å². The van der Waals surface area contributed by atoms with Crippen LogP contribution in [0, 0.1) is 13.8 Å². The molecule has 2 aromatic carbocycles. The number of phenolic OH excluding ortho intramolecular Hbond substituents is 2. The normalized spacial score (nSPS) is 17.3. The molecule has 1 atom stereocenters. The van der Waals surface area contributed by atoms with E-state index in [1.54, 1.807) is 12.1 Å². The summed E-state index contributed by atoms with van der Waals surface area (Å²) in [6, 6.07) is 9.71. The van der Waals surface area contributed by atoms with E-state index in [9.17, 15) is 10.2 Å². The fourth-order valence-electron chi connectivity index (χ4n) is 3.09. The molecule has 0 bridgehead atoms. The summed E-state index contributed by atoms with van der Waals surface area (Å²) in [6.07, 6.45) is 3.22. The maximum Gasteiger partial charge on any atom is 0.118 e. The SMILES string of the molecule is Cc1cc(NC2CCCc3cc(O)ccc32)c(C)cc1O. The first-order valence-electron chi connectivity index (χ1n) is 7.43. The van der Waals surface area contributed by atoms with Gasteiger partial charge in [-0.05, 0) is 79.6 Å². The molecule has 2 aromatic rings. The molecule has 3 N–H and O–H groups in total. The predicted octanol–water partition coefficient (Wildman–Crippen LogP) is 4.20. The lowest BCUT2D eigenvalue weighted by Crippen LogP contribution is -2.17. The Kier molecular flexibility index (Phi) is 3.50. The molecule has 1 unspecified atom stereocenters. The molecule has 1 aliphatic carbocycles.